The molecular weight excluding hydrogens is 458 g/mol. The number of anilines is 1. The van der Waals surface area contributed by atoms with Crippen molar-refractivity contribution in [2.75, 3.05) is 24.2 Å². The highest BCUT2D eigenvalue weighted by Gasteiger charge is 2.26. The molecule has 2 heterocycles. The van der Waals surface area contributed by atoms with Gasteiger partial charge < -0.3 is 10.6 Å². The maximum Gasteiger partial charge on any atom is 0.237 e. The largest absolute Gasteiger partial charge is 0.353 e. The Hall–Kier alpha value is -2.36. The second-order valence-corrected chi connectivity index (χ2v) is 12.1. The number of nitrogens with zero attached hydrogens (tertiary/aromatic N) is 1. The predicted molar refractivity (Wildman–Crippen MR) is 130 cm³/mol. The van der Waals surface area contributed by atoms with Crippen LogP contribution in [0.3, 0.4) is 0 Å². The number of amides is 2. The van der Waals surface area contributed by atoms with Crippen LogP contribution in [0.25, 0.3) is 0 Å². The van der Waals surface area contributed by atoms with Gasteiger partial charge in [-0.05, 0) is 43.5 Å². The van der Waals surface area contributed by atoms with Crippen LogP contribution in [0.15, 0.2) is 58.3 Å². The third kappa shape index (κ3) is 6.16. The molecule has 9 heteroatoms. The first-order chi connectivity index (χ1) is 15.8. The second kappa shape index (κ2) is 10.3. The van der Waals surface area contributed by atoms with E-state index >= 15 is 0 Å². The molecule has 1 fully saturated rings. The lowest BCUT2D eigenvalue weighted by molar-refractivity contribution is -0.121. The lowest BCUT2D eigenvalue weighted by atomic mass is 10.0. The summed E-state index contributed by atoms with van der Waals surface area (Å²) in [5.74, 6) is -0.644. The van der Waals surface area contributed by atoms with Gasteiger partial charge in [-0.3, -0.25) is 14.5 Å². The van der Waals surface area contributed by atoms with Crippen LogP contribution in [0.1, 0.15) is 31.7 Å². The number of hydrogen-bond acceptors (Lipinski definition) is 6. The molecule has 2 aliphatic heterocycles. The molecule has 2 N–H and O–H groups in total. The van der Waals surface area contributed by atoms with E-state index in [-0.39, 0.29) is 40.2 Å². The van der Waals surface area contributed by atoms with Crippen LogP contribution < -0.4 is 10.6 Å². The zero-order chi connectivity index (χ0) is 23.4. The summed E-state index contributed by atoms with van der Waals surface area (Å²) in [6.07, 6.45) is 1.62. The summed E-state index contributed by atoms with van der Waals surface area (Å²) in [5, 5.41) is 5.54. The number of nitrogens with one attached hydrogen (secondary N) is 2. The Morgan fingerprint density at radius 2 is 1.88 bits per heavy atom. The van der Waals surface area contributed by atoms with Crippen LogP contribution >= 0.6 is 11.8 Å². The number of fused-ring (bicyclic) bond motifs is 1. The highest BCUT2D eigenvalue weighted by atomic mass is 32.2. The van der Waals surface area contributed by atoms with Crippen molar-refractivity contribution < 1.29 is 18.0 Å². The number of carbonyl (C=O) groups excluding carboxylic acids is 2. The minimum Gasteiger partial charge on any atom is -0.353 e. The molecule has 2 aromatic rings. The zero-order valence-corrected chi connectivity index (χ0v) is 20.3. The first kappa shape index (κ1) is 23.8. The summed E-state index contributed by atoms with van der Waals surface area (Å²) < 4.78 is 25.5. The van der Waals surface area contributed by atoms with Gasteiger partial charge in [0.2, 0.25) is 11.8 Å². The van der Waals surface area contributed by atoms with E-state index in [4.69, 9.17) is 0 Å². The Labute approximate surface area is 199 Å². The van der Waals surface area contributed by atoms with E-state index in [0.717, 1.165) is 37.4 Å². The molecule has 7 nitrogen and oxygen atoms in total. The molecule has 0 aromatic heterocycles. The van der Waals surface area contributed by atoms with Crippen LogP contribution in [-0.4, -0.2) is 55.3 Å². The van der Waals surface area contributed by atoms with Gasteiger partial charge in [0.1, 0.15) is 0 Å². The maximum atomic E-state index is 12.8. The Bertz CT molecular complexity index is 1110. The van der Waals surface area contributed by atoms with E-state index in [1.54, 1.807) is 19.1 Å². The van der Waals surface area contributed by atoms with Crippen molar-refractivity contribution in [2.24, 2.45) is 0 Å². The lowest BCUT2D eigenvalue weighted by Crippen LogP contribution is -2.44. The fourth-order valence-electron chi connectivity index (χ4n) is 4.10. The quantitative estimate of drug-likeness (QED) is 0.623. The first-order valence-corrected chi connectivity index (χ1v) is 13.7. The van der Waals surface area contributed by atoms with Crippen LogP contribution in [0.2, 0.25) is 0 Å². The number of hydrogen-bond donors (Lipinski definition) is 2. The molecule has 1 atom stereocenters. The number of sulfone groups is 1. The van der Waals surface area contributed by atoms with Crippen molar-refractivity contribution >= 4 is 39.1 Å². The Morgan fingerprint density at radius 3 is 2.61 bits per heavy atom. The van der Waals surface area contributed by atoms with Gasteiger partial charge in [-0.15, -0.1) is 11.8 Å². The van der Waals surface area contributed by atoms with E-state index < -0.39 is 9.84 Å². The summed E-state index contributed by atoms with van der Waals surface area (Å²) in [7, 11) is -3.63. The highest BCUT2D eigenvalue weighted by Crippen LogP contribution is 2.36. The molecule has 0 radical (unpaired) electrons. The van der Waals surface area contributed by atoms with Gasteiger partial charge in [-0.1, -0.05) is 30.3 Å². The number of rotatable bonds is 7. The van der Waals surface area contributed by atoms with E-state index in [1.165, 1.54) is 23.4 Å². The van der Waals surface area contributed by atoms with Crippen molar-refractivity contribution in [3.8, 4) is 0 Å². The fourth-order valence-corrected chi connectivity index (χ4v) is 6.30. The molecule has 2 amide bonds. The number of thioether (sulfide) groups is 1. The molecule has 0 spiro atoms. The van der Waals surface area contributed by atoms with Crippen molar-refractivity contribution in [2.45, 2.75) is 53.8 Å². The number of piperidine rings is 1. The van der Waals surface area contributed by atoms with Gasteiger partial charge in [-0.2, -0.15) is 0 Å². The van der Waals surface area contributed by atoms with Crippen molar-refractivity contribution in [1.82, 2.24) is 10.2 Å². The van der Waals surface area contributed by atoms with Crippen LogP contribution in [0.5, 0.6) is 0 Å². The van der Waals surface area contributed by atoms with Gasteiger partial charge >= 0.3 is 0 Å². The minimum atomic E-state index is -3.63. The molecule has 1 saturated heterocycles. The smallest absolute Gasteiger partial charge is 0.237 e. The molecule has 2 aromatic carbocycles. The molecule has 0 bridgehead atoms. The average Bonchev–Trinajstić information content (AvgIpc) is 2.80. The summed E-state index contributed by atoms with van der Waals surface area (Å²) in [6.45, 7) is 4.50. The monoisotopic (exact) mass is 487 g/mol. The van der Waals surface area contributed by atoms with Crippen LogP contribution in [0.4, 0.5) is 5.69 Å². The third-order valence-electron chi connectivity index (χ3n) is 6.04. The molecular formula is C24H29N3O4S2. The van der Waals surface area contributed by atoms with Gasteiger partial charge in [-0.25, -0.2) is 8.42 Å². The van der Waals surface area contributed by atoms with Crippen molar-refractivity contribution in [3.63, 3.8) is 0 Å². The highest BCUT2D eigenvalue weighted by molar-refractivity contribution is 8.01. The Balaban J connectivity index is 1.25. The first-order valence-electron chi connectivity index (χ1n) is 11.2. The van der Waals surface area contributed by atoms with Gasteiger partial charge in [0.15, 0.2) is 9.84 Å². The van der Waals surface area contributed by atoms with Crippen molar-refractivity contribution in [3.05, 3.63) is 54.1 Å². The van der Waals surface area contributed by atoms with Crippen LogP contribution in [0, 0.1) is 0 Å². The zero-order valence-electron chi connectivity index (χ0n) is 18.6. The number of likely N-dealkylation sites (tertiary alicyclic amines) is 1. The van der Waals surface area contributed by atoms with Gasteiger partial charge in [0, 0.05) is 37.0 Å². The molecule has 2 aliphatic rings. The summed E-state index contributed by atoms with van der Waals surface area (Å²) in [5.41, 5.74) is 1.79. The molecule has 4 rings (SSSR count). The summed E-state index contributed by atoms with van der Waals surface area (Å²) >= 11 is 1.40. The Morgan fingerprint density at radius 1 is 1.15 bits per heavy atom. The normalized spacial score (nSPS) is 19.5. The lowest BCUT2D eigenvalue weighted by Gasteiger charge is -2.32. The van der Waals surface area contributed by atoms with E-state index in [1.807, 2.05) is 18.2 Å². The average molecular weight is 488 g/mol. The topological polar surface area (TPSA) is 95.6 Å². The molecule has 33 heavy (non-hydrogen) atoms. The predicted octanol–water partition coefficient (Wildman–Crippen LogP) is 3.06. The molecule has 176 valence electrons. The SMILES string of the molecule is CC1Sc2ccc(S(=O)(=O)CCC(=O)NC3CCN(Cc4ccccc4)CC3)cc2NC1=O. The molecule has 1 unspecified atom stereocenters. The van der Waals surface area contributed by atoms with E-state index in [9.17, 15) is 18.0 Å². The summed E-state index contributed by atoms with van der Waals surface area (Å²) in [4.78, 5) is 27.7. The molecule has 0 aliphatic carbocycles. The number of carbonyl (C=O) groups is 2. The van der Waals surface area contributed by atoms with Crippen LogP contribution in [-0.2, 0) is 26.0 Å². The Kier molecular flexibility index (Phi) is 7.41. The van der Waals surface area contributed by atoms with Gasteiger partial charge in [0.05, 0.1) is 21.6 Å². The number of benzene rings is 2. The summed E-state index contributed by atoms with van der Waals surface area (Å²) in [6, 6.07) is 15.1. The van der Waals surface area contributed by atoms with E-state index in [2.05, 4.69) is 27.7 Å². The van der Waals surface area contributed by atoms with Crippen molar-refractivity contribution in [1.29, 1.82) is 0 Å². The second-order valence-electron chi connectivity index (χ2n) is 8.58. The molecule has 0 saturated carbocycles. The standard InChI is InChI=1S/C24H29N3O4S2/c1-17-24(29)26-21-15-20(7-8-22(21)32-17)33(30,31)14-11-23(28)25-19-9-12-27(13-10-19)16-18-5-3-2-4-6-18/h2-8,15,17,19H,9-14,16H2,1H3,(H,25,28)(H,26,29). The van der Waals surface area contributed by atoms with Gasteiger partial charge in [0.25, 0.3) is 0 Å². The maximum absolute atomic E-state index is 12.8. The third-order valence-corrected chi connectivity index (χ3v) is 8.93. The fraction of sp³-hybridized carbons (Fsp3) is 0.417. The van der Waals surface area contributed by atoms with E-state index in [0.29, 0.717) is 5.69 Å². The minimum absolute atomic E-state index is 0.0743.